The van der Waals surface area contributed by atoms with E-state index in [2.05, 4.69) is 10.8 Å². The molecule has 0 atom stereocenters. The van der Waals surface area contributed by atoms with Gasteiger partial charge >= 0.3 is 5.97 Å². The molecule has 0 aliphatic carbocycles. The molecular weight excluding hydrogens is 144 g/mol. The van der Waals surface area contributed by atoms with Gasteiger partial charge in [0.2, 0.25) is 0 Å². The van der Waals surface area contributed by atoms with Gasteiger partial charge in [-0.2, -0.15) is 0 Å². The van der Waals surface area contributed by atoms with Gasteiger partial charge in [-0.25, -0.2) is 4.79 Å². The average Bonchev–Trinajstić information content (AvgIpc) is 2.28. The Labute approximate surface area is 65.0 Å². The van der Waals surface area contributed by atoms with Crippen LogP contribution in [0.4, 0.5) is 0 Å². The minimum absolute atomic E-state index is 0.380. The maximum absolute atomic E-state index is 10.9. The molecule has 1 aromatic heterocycles. The van der Waals surface area contributed by atoms with Gasteiger partial charge in [0, 0.05) is 6.07 Å². The predicted octanol–water partition coefficient (Wildman–Crippen LogP) is 1.48. The number of ether oxygens (including phenoxy) is 1. The summed E-state index contributed by atoms with van der Waals surface area (Å²) < 4.78 is 9.58. The zero-order valence-electron chi connectivity index (χ0n) is 6.72. The average molecular weight is 153 g/mol. The number of hydrogen-bond donors (Lipinski definition) is 0. The van der Waals surface area contributed by atoms with Gasteiger partial charge in [0.15, 0.2) is 0 Å². The highest BCUT2D eigenvalue weighted by molar-refractivity contribution is 5.90. The summed E-state index contributed by atoms with van der Waals surface area (Å²) in [5.41, 5.74) is 0.380. The van der Waals surface area contributed by atoms with E-state index in [4.69, 9.17) is 4.42 Å². The number of rotatable bonds is 1. The fourth-order valence-corrected chi connectivity index (χ4v) is 0.867. The second-order valence-corrected chi connectivity index (χ2v) is 2.21. The van der Waals surface area contributed by atoms with E-state index in [1.807, 2.05) is 0 Å². The van der Waals surface area contributed by atoms with Gasteiger partial charge in [-0.1, -0.05) is 0 Å². The summed E-state index contributed by atoms with van der Waals surface area (Å²) in [6.45, 7) is 3.44. The highest BCUT2D eigenvalue weighted by atomic mass is 16.5. The fourth-order valence-electron chi connectivity index (χ4n) is 0.867. The molecule has 0 amide bonds. The second kappa shape index (κ2) is 2.78. The number of esters is 1. The first-order valence-electron chi connectivity index (χ1n) is 3.22. The van der Waals surface area contributed by atoms with Crippen molar-refractivity contribution < 1.29 is 13.9 Å². The van der Waals surface area contributed by atoms with Crippen LogP contribution in [0.2, 0.25) is 0 Å². The summed E-state index contributed by atoms with van der Waals surface area (Å²) in [5, 5.41) is 0. The fraction of sp³-hybridized carbons (Fsp3) is 0.375. The molecule has 1 radical (unpaired) electrons. The molecule has 1 heterocycles. The molecule has 0 aromatic carbocycles. The normalized spacial score (nSPS) is 9.73. The topological polar surface area (TPSA) is 39.4 Å². The van der Waals surface area contributed by atoms with Gasteiger partial charge in [0.1, 0.15) is 17.1 Å². The van der Waals surface area contributed by atoms with Gasteiger partial charge in [0.25, 0.3) is 0 Å². The molecule has 0 saturated heterocycles. The lowest BCUT2D eigenvalue weighted by molar-refractivity contribution is 0.0598. The summed E-state index contributed by atoms with van der Waals surface area (Å²) in [7, 11) is 1.33. The van der Waals surface area contributed by atoms with Crippen LogP contribution in [0.5, 0.6) is 0 Å². The molecule has 59 valence electrons. The third-order valence-corrected chi connectivity index (χ3v) is 1.35. The van der Waals surface area contributed by atoms with Gasteiger partial charge in [-0.05, 0) is 13.8 Å². The van der Waals surface area contributed by atoms with Crippen molar-refractivity contribution >= 4 is 5.97 Å². The first-order valence-corrected chi connectivity index (χ1v) is 3.22. The van der Waals surface area contributed by atoms with Crippen LogP contribution >= 0.6 is 0 Å². The lowest BCUT2D eigenvalue weighted by atomic mass is 10.2. The van der Waals surface area contributed by atoms with E-state index < -0.39 is 5.97 Å². The molecular formula is C8H9O3. The van der Waals surface area contributed by atoms with Crippen LogP contribution in [0.25, 0.3) is 0 Å². The van der Waals surface area contributed by atoms with E-state index in [1.54, 1.807) is 13.8 Å². The minimum atomic E-state index is -0.403. The molecule has 11 heavy (non-hydrogen) atoms. The van der Waals surface area contributed by atoms with Crippen molar-refractivity contribution in [1.82, 2.24) is 0 Å². The van der Waals surface area contributed by atoms with Crippen molar-refractivity contribution in [1.29, 1.82) is 0 Å². The molecule has 0 N–H and O–H groups in total. The SMILES string of the molecule is COC(=O)c1[c]c(C)oc1C. The van der Waals surface area contributed by atoms with E-state index in [9.17, 15) is 4.79 Å². The molecule has 0 bridgehead atoms. The minimum Gasteiger partial charge on any atom is -0.465 e. The monoisotopic (exact) mass is 153 g/mol. The van der Waals surface area contributed by atoms with Crippen molar-refractivity contribution in [2.45, 2.75) is 13.8 Å². The summed E-state index contributed by atoms with van der Waals surface area (Å²) in [4.78, 5) is 10.9. The quantitative estimate of drug-likeness (QED) is 0.574. The molecule has 0 aliphatic rings. The summed E-state index contributed by atoms with van der Waals surface area (Å²) in [6.07, 6.45) is 0. The van der Waals surface area contributed by atoms with Crippen LogP contribution in [0.3, 0.4) is 0 Å². The molecule has 0 saturated carbocycles. The lowest BCUT2D eigenvalue weighted by Crippen LogP contribution is -2.00. The summed E-state index contributed by atoms with van der Waals surface area (Å²) >= 11 is 0. The maximum Gasteiger partial charge on any atom is 0.342 e. The molecule has 3 nitrogen and oxygen atoms in total. The summed E-state index contributed by atoms with van der Waals surface area (Å²) in [6, 6.07) is 2.75. The number of furan rings is 1. The third-order valence-electron chi connectivity index (χ3n) is 1.35. The standard InChI is InChI=1S/C8H9O3/c1-5-4-7(6(2)11-5)8(9)10-3/h1-3H3. The molecule has 0 unspecified atom stereocenters. The maximum atomic E-state index is 10.9. The van der Waals surface area contributed by atoms with Crippen LogP contribution in [-0.4, -0.2) is 13.1 Å². The van der Waals surface area contributed by atoms with E-state index in [0.717, 1.165) is 0 Å². The second-order valence-electron chi connectivity index (χ2n) is 2.21. The Balaban J connectivity index is 3.03. The Bertz CT molecular complexity index is 273. The Kier molecular flexibility index (Phi) is 1.98. The van der Waals surface area contributed by atoms with Crippen molar-refractivity contribution in [2.75, 3.05) is 7.11 Å². The van der Waals surface area contributed by atoms with Gasteiger partial charge in [0.05, 0.1) is 7.11 Å². The van der Waals surface area contributed by atoms with Crippen LogP contribution in [0, 0.1) is 19.9 Å². The first-order chi connectivity index (χ1) is 5.15. The number of carbonyl (C=O) groups excluding carboxylic acids is 1. The van der Waals surface area contributed by atoms with Crippen molar-refractivity contribution in [3.8, 4) is 0 Å². The van der Waals surface area contributed by atoms with Gasteiger partial charge < -0.3 is 9.15 Å². The molecule has 1 rings (SSSR count). The zero-order chi connectivity index (χ0) is 8.43. The Morgan fingerprint density at radius 2 is 2.18 bits per heavy atom. The number of hydrogen-bond acceptors (Lipinski definition) is 3. The predicted molar refractivity (Wildman–Crippen MR) is 38.4 cm³/mol. The van der Waals surface area contributed by atoms with Crippen LogP contribution in [-0.2, 0) is 4.74 Å². The highest BCUT2D eigenvalue weighted by Gasteiger charge is 2.13. The molecule has 0 aliphatic heterocycles. The van der Waals surface area contributed by atoms with E-state index in [0.29, 0.717) is 17.1 Å². The van der Waals surface area contributed by atoms with Crippen LogP contribution in [0.15, 0.2) is 4.42 Å². The number of aryl methyl sites for hydroxylation is 2. The zero-order valence-corrected chi connectivity index (χ0v) is 6.72. The van der Waals surface area contributed by atoms with Crippen molar-refractivity contribution in [3.63, 3.8) is 0 Å². The Morgan fingerprint density at radius 3 is 2.55 bits per heavy atom. The van der Waals surface area contributed by atoms with Crippen LogP contribution < -0.4 is 0 Å². The van der Waals surface area contributed by atoms with Crippen LogP contribution in [0.1, 0.15) is 21.9 Å². The van der Waals surface area contributed by atoms with E-state index in [-0.39, 0.29) is 0 Å². The molecule has 0 spiro atoms. The van der Waals surface area contributed by atoms with Crippen molar-refractivity contribution in [2.24, 2.45) is 0 Å². The Morgan fingerprint density at radius 1 is 1.55 bits per heavy atom. The third kappa shape index (κ3) is 1.42. The first kappa shape index (κ1) is 7.85. The highest BCUT2D eigenvalue weighted by Crippen LogP contribution is 2.12. The smallest absolute Gasteiger partial charge is 0.342 e. The molecule has 1 aromatic rings. The van der Waals surface area contributed by atoms with Crippen molar-refractivity contribution in [3.05, 3.63) is 23.2 Å². The Hall–Kier alpha value is -1.25. The number of carbonyl (C=O) groups is 1. The van der Waals surface area contributed by atoms with Gasteiger partial charge in [-0.3, -0.25) is 0 Å². The van der Waals surface area contributed by atoms with E-state index >= 15 is 0 Å². The van der Waals surface area contributed by atoms with Gasteiger partial charge in [-0.15, -0.1) is 0 Å². The molecule has 3 heteroatoms. The van der Waals surface area contributed by atoms with E-state index in [1.165, 1.54) is 7.11 Å². The number of methoxy groups -OCH3 is 1. The lowest BCUT2D eigenvalue weighted by Gasteiger charge is -1.93. The molecule has 0 fully saturated rings. The largest absolute Gasteiger partial charge is 0.465 e. The summed E-state index contributed by atoms with van der Waals surface area (Å²) in [5.74, 6) is 0.747.